The van der Waals surface area contributed by atoms with E-state index in [-0.39, 0.29) is 0 Å². The smallest absolute Gasteiger partial charge is 0.127 e. The lowest BCUT2D eigenvalue weighted by molar-refractivity contribution is 0.547. The SMILES string of the molecule is C/C=C/c1ccc(/C=C/C)o1. The zero-order valence-corrected chi connectivity index (χ0v) is 6.87. The molecule has 0 N–H and O–H groups in total. The van der Waals surface area contributed by atoms with Gasteiger partial charge in [0.25, 0.3) is 0 Å². The quantitative estimate of drug-likeness (QED) is 0.626. The molecule has 58 valence electrons. The van der Waals surface area contributed by atoms with Gasteiger partial charge in [0.15, 0.2) is 0 Å². The van der Waals surface area contributed by atoms with Gasteiger partial charge in [-0.15, -0.1) is 0 Å². The molecule has 0 aliphatic carbocycles. The van der Waals surface area contributed by atoms with Crippen LogP contribution in [0.15, 0.2) is 28.7 Å². The van der Waals surface area contributed by atoms with E-state index in [0.717, 1.165) is 11.5 Å². The maximum absolute atomic E-state index is 5.39. The molecule has 1 heteroatoms. The van der Waals surface area contributed by atoms with Gasteiger partial charge >= 0.3 is 0 Å². The molecule has 1 nitrogen and oxygen atoms in total. The van der Waals surface area contributed by atoms with E-state index in [1.807, 2.05) is 50.3 Å². The van der Waals surface area contributed by atoms with Gasteiger partial charge in [-0.25, -0.2) is 0 Å². The Morgan fingerprint density at radius 2 is 1.45 bits per heavy atom. The summed E-state index contributed by atoms with van der Waals surface area (Å²) in [6.07, 6.45) is 7.79. The average Bonchev–Trinajstić information content (AvgIpc) is 2.38. The summed E-state index contributed by atoms with van der Waals surface area (Å²) in [6.45, 7) is 3.94. The largest absolute Gasteiger partial charge is 0.457 e. The van der Waals surface area contributed by atoms with Crippen LogP contribution in [0.3, 0.4) is 0 Å². The lowest BCUT2D eigenvalue weighted by Crippen LogP contribution is -1.59. The molecule has 0 amide bonds. The Bertz CT molecular complexity index is 240. The van der Waals surface area contributed by atoms with Gasteiger partial charge in [-0.1, -0.05) is 12.2 Å². The molecule has 0 aliphatic heterocycles. The topological polar surface area (TPSA) is 13.1 Å². The number of hydrogen-bond acceptors (Lipinski definition) is 1. The molecule has 0 unspecified atom stereocenters. The van der Waals surface area contributed by atoms with Crippen molar-refractivity contribution in [3.8, 4) is 0 Å². The van der Waals surface area contributed by atoms with Crippen molar-refractivity contribution in [1.82, 2.24) is 0 Å². The lowest BCUT2D eigenvalue weighted by Gasteiger charge is -1.83. The number of allylic oxidation sites excluding steroid dienone is 2. The van der Waals surface area contributed by atoms with Gasteiger partial charge in [0.1, 0.15) is 11.5 Å². The summed E-state index contributed by atoms with van der Waals surface area (Å²) in [5.74, 6) is 1.81. The fraction of sp³-hybridized carbons (Fsp3) is 0.200. The van der Waals surface area contributed by atoms with Crippen molar-refractivity contribution in [2.24, 2.45) is 0 Å². The molecular formula is C10H12O. The van der Waals surface area contributed by atoms with E-state index in [9.17, 15) is 0 Å². The minimum Gasteiger partial charge on any atom is -0.457 e. The number of furan rings is 1. The van der Waals surface area contributed by atoms with Crippen LogP contribution in [0.4, 0.5) is 0 Å². The fourth-order valence-electron chi connectivity index (χ4n) is 0.876. The summed E-state index contributed by atoms with van der Waals surface area (Å²) in [5, 5.41) is 0. The molecule has 0 aromatic carbocycles. The van der Waals surface area contributed by atoms with Gasteiger partial charge in [0, 0.05) is 0 Å². The van der Waals surface area contributed by atoms with Crippen LogP contribution in [0.25, 0.3) is 12.2 Å². The van der Waals surface area contributed by atoms with E-state index in [2.05, 4.69) is 0 Å². The minimum atomic E-state index is 0.903. The Balaban J connectivity index is 2.81. The van der Waals surface area contributed by atoms with Crippen LogP contribution in [-0.4, -0.2) is 0 Å². The highest BCUT2D eigenvalue weighted by molar-refractivity contribution is 5.48. The highest BCUT2D eigenvalue weighted by atomic mass is 16.3. The molecule has 0 saturated heterocycles. The number of hydrogen-bond donors (Lipinski definition) is 0. The van der Waals surface area contributed by atoms with Gasteiger partial charge in [0.05, 0.1) is 0 Å². The van der Waals surface area contributed by atoms with E-state index in [1.165, 1.54) is 0 Å². The third-order valence-corrected chi connectivity index (χ3v) is 1.31. The summed E-state index contributed by atoms with van der Waals surface area (Å²) in [6, 6.07) is 3.91. The van der Waals surface area contributed by atoms with Crippen molar-refractivity contribution in [3.63, 3.8) is 0 Å². The third-order valence-electron chi connectivity index (χ3n) is 1.31. The molecule has 0 bridgehead atoms. The van der Waals surface area contributed by atoms with E-state index in [0.29, 0.717) is 0 Å². The molecule has 0 aliphatic rings. The molecule has 1 aromatic rings. The molecule has 0 spiro atoms. The van der Waals surface area contributed by atoms with Crippen LogP contribution in [0.2, 0.25) is 0 Å². The van der Waals surface area contributed by atoms with Crippen molar-refractivity contribution in [3.05, 3.63) is 35.8 Å². The molecular weight excluding hydrogens is 136 g/mol. The average molecular weight is 148 g/mol. The molecule has 0 saturated carbocycles. The molecule has 1 rings (SSSR count). The molecule has 0 radical (unpaired) electrons. The molecule has 0 atom stereocenters. The highest BCUT2D eigenvalue weighted by Crippen LogP contribution is 2.10. The van der Waals surface area contributed by atoms with E-state index >= 15 is 0 Å². The predicted molar refractivity (Wildman–Crippen MR) is 48.1 cm³/mol. The highest BCUT2D eigenvalue weighted by Gasteiger charge is 1.92. The standard InChI is InChI=1S/C10H12O/c1-3-5-9-7-8-10(11-9)6-4-2/h3-8H,1-2H3/b5-3+,6-4+. The zero-order chi connectivity index (χ0) is 8.10. The van der Waals surface area contributed by atoms with Crippen LogP contribution in [0, 0.1) is 0 Å². The molecule has 11 heavy (non-hydrogen) atoms. The third kappa shape index (κ3) is 2.11. The first-order valence-corrected chi connectivity index (χ1v) is 3.72. The fourth-order valence-corrected chi connectivity index (χ4v) is 0.876. The second kappa shape index (κ2) is 3.81. The summed E-state index contributed by atoms with van der Waals surface area (Å²) in [7, 11) is 0. The maximum atomic E-state index is 5.39. The van der Waals surface area contributed by atoms with Gasteiger partial charge in [-0.2, -0.15) is 0 Å². The van der Waals surface area contributed by atoms with E-state index < -0.39 is 0 Å². The molecule has 0 fully saturated rings. The van der Waals surface area contributed by atoms with Crippen LogP contribution in [-0.2, 0) is 0 Å². The second-order valence-electron chi connectivity index (χ2n) is 2.24. The predicted octanol–water partition coefficient (Wildman–Crippen LogP) is 3.35. The minimum absolute atomic E-state index is 0.903. The molecule has 1 aromatic heterocycles. The van der Waals surface area contributed by atoms with Crippen molar-refractivity contribution in [2.45, 2.75) is 13.8 Å². The van der Waals surface area contributed by atoms with Crippen LogP contribution in [0.1, 0.15) is 25.4 Å². The Morgan fingerprint density at radius 1 is 1.00 bits per heavy atom. The number of rotatable bonds is 2. The molecule has 1 heterocycles. The second-order valence-corrected chi connectivity index (χ2v) is 2.24. The van der Waals surface area contributed by atoms with E-state index in [1.54, 1.807) is 0 Å². The summed E-state index contributed by atoms with van der Waals surface area (Å²) >= 11 is 0. The zero-order valence-electron chi connectivity index (χ0n) is 6.87. The van der Waals surface area contributed by atoms with Crippen molar-refractivity contribution in [2.75, 3.05) is 0 Å². The Kier molecular flexibility index (Phi) is 2.73. The van der Waals surface area contributed by atoms with Crippen LogP contribution >= 0.6 is 0 Å². The van der Waals surface area contributed by atoms with Crippen molar-refractivity contribution in [1.29, 1.82) is 0 Å². The first-order chi connectivity index (χ1) is 5.36. The van der Waals surface area contributed by atoms with Crippen molar-refractivity contribution >= 4 is 12.2 Å². The monoisotopic (exact) mass is 148 g/mol. The van der Waals surface area contributed by atoms with Gasteiger partial charge in [0.2, 0.25) is 0 Å². The van der Waals surface area contributed by atoms with Gasteiger partial charge in [-0.05, 0) is 38.1 Å². The first kappa shape index (κ1) is 7.86. The summed E-state index contributed by atoms with van der Waals surface area (Å²) < 4.78 is 5.39. The Hall–Kier alpha value is -1.24. The Morgan fingerprint density at radius 3 is 1.82 bits per heavy atom. The van der Waals surface area contributed by atoms with Crippen LogP contribution in [0.5, 0.6) is 0 Å². The summed E-state index contributed by atoms with van der Waals surface area (Å²) in [5.41, 5.74) is 0. The van der Waals surface area contributed by atoms with Gasteiger partial charge in [-0.3, -0.25) is 0 Å². The normalized spacial score (nSPS) is 11.8. The first-order valence-electron chi connectivity index (χ1n) is 3.72. The van der Waals surface area contributed by atoms with Gasteiger partial charge < -0.3 is 4.42 Å². The van der Waals surface area contributed by atoms with E-state index in [4.69, 9.17) is 4.42 Å². The maximum Gasteiger partial charge on any atom is 0.127 e. The summed E-state index contributed by atoms with van der Waals surface area (Å²) in [4.78, 5) is 0. The lowest BCUT2D eigenvalue weighted by atomic mass is 10.4. The Labute approximate surface area is 67.0 Å². The van der Waals surface area contributed by atoms with Crippen molar-refractivity contribution < 1.29 is 4.42 Å². The van der Waals surface area contributed by atoms with Crippen LogP contribution < -0.4 is 0 Å².